The number of halogens is 4. The van der Waals surface area contributed by atoms with Gasteiger partial charge in [-0.15, -0.1) is 0 Å². The van der Waals surface area contributed by atoms with Crippen LogP contribution in [0, 0.1) is 11.6 Å². The van der Waals surface area contributed by atoms with Gasteiger partial charge >= 0.3 is 0 Å². The van der Waals surface area contributed by atoms with Gasteiger partial charge in [-0.25, -0.2) is 8.78 Å². The second-order valence-electron chi connectivity index (χ2n) is 4.32. The molecule has 0 aliphatic rings. The summed E-state index contributed by atoms with van der Waals surface area (Å²) >= 11 is 6.74. The molecule has 0 aromatic heterocycles. The van der Waals surface area contributed by atoms with Crippen LogP contribution in [0.2, 0.25) is 0 Å². The van der Waals surface area contributed by atoms with Crippen LogP contribution in [-0.4, -0.2) is 6.54 Å². The molecule has 0 saturated heterocycles. The Kier molecular flexibility index (Phi) is 5.29. The molecule has 0 fully saturated rings. The SMILES string of the molecule is CCNC(c1cc(Br)ccc1F)c1cc(F)ccc1Br. The second kappa shape index (κ2) is 6.78. The van der Waals surface area contributed by atoms with Crippen molar-refractivity contribution in [3.8, 4) is 0 Å². The van der Waals surface area contributed by atoms with Gasteiger partial charge in [-0.3, -0.25) is 0 Å². The third-order valence-corrected chi connectivity index (χ3v) is 4.16. The van der Waals surface area contributed by atoms with E-state index in [1.54, 1.807) is 18.2 Å². The van der Waals surface area contributed by atoms with Crippen LogP contribution in [0.4, 0.5) is 8.78 Å². The van der Waals surface area contributed by atoms with Gasteiger partial charge in [0.05, 0.1) is 6.04 Å². The van der Waals surface area contributed by atoms with Gasteiger partial charge in [0.2, 0.25) is 0 Å². The normalized spacial score (nSPS) is 12.4. The van der Waals surface area contributed by atoms with E-state index in [9.17, 15) is 8.78 Å². The number of rotatable bonds is 4. The van der Waals surface area contributed by atoms with Gasteiger partial charge < -0.3 is 5.32 Å². The van der Waals surface area contributed by atoms with Crippen molar-refractivity contribution in [1.29, 1.82) is 0 Å². The molecule has 0 aliphatic heterocycles. The van der Waals surface area contributed by atoms with E-state index in [-0.39, 0.29) is 11.6 Å². The molecule has 2 aromatic carbocycles. The van der Waals surface area contributed by atoms with E-state index >= 15 is 0 Å². The lowest BCUT2D eigenvalue weighted by Gasteiger charge is -2.21. The minimum atomic E-state index is -0.414. The average molecular weight is 405 g/mol. The third kappa shape index (κ3) is 3.45. The van der Waals surface area contributed by atoms with Gasteiger partial charge in [0.15, 0.2) is 0 Å². The fraction of sp³-hybridized carbons (Fsp3) is 0.200. The molecule has 0 saturated carbocycles. The van der Waals surface area contributed by atoms with Crippen molar-refractivity contribution >= 4 is 31.9 Å². The molecule has 1 unspecified atom stereocenters. The monoisotopic (exact) mass is 403 g/mol. The van der Waals surface area contributed by atoms with E-state index in [1.165, 1.54) is 18.2 Å². The van der Waals surface area contributed by atoms with Crippen LogP contribution in [0.3, 0.4) is 0 Å². The van der Waals surface area contributed by atoms with Crippen molar-refractivity contribution in [2.24, 2.45) is 0 Å². The van der Waals surface area contributed by atoms with E-state index in [2.05, 4.69) is 37.2 Å². The van der Waals surface area contributed by atoms with Crippen molar-refractivity contribution in [2.75, 3.05) is 6.54 Å². The Balaban J connectivity index is 2.55. The van der Waals surface area contributed by atoms with Gasteiger partial charge in [-0.05, 0) is 48.5 Å². The lowest BCUT2D eigenvalue weighted by atomic mass is 9.98. The number of hydrogen-bond donors (Lipinski definition) is 1. The highest BCUT2D eigenvalue weighted by atomic mass is 79.9. The number of hydrogen-bond acceptors (Lipinski definition) is 1. The van der Waals surface area contributed by atoms with E-state index < -0.39 is 6.04 Å². The molecule has 0 amide bonds. The zero-order valence-electron chi connectivity index (χ0n) is 10.8. The highest BCUT2D eigenvalue weighted by Gasteiger charge is 2.20. The van der Waals surface area contributed by atoms with Gasteiger partial charge in [0.1, 0.15) is 11.6 Å². The molecule has 1 atom stereocenters. The first-order chi connectivity index (χ1) is 9.52. The molecule has 0 spiro atoms. The smallest absolute Gasteiger partial charge is 0.128 e. The molecule has 1 nitrogen and oxygen atoms in total. The summed E-state index contributed by atoms with van der Waals surface area (Å²) in [5.41, 5.74) is 1.15. The first-order valence-electron chi connectivity index (χ1n) is 6.16. The highest BCUT2D eigenvalue weighted by molar-refractivity contribution is 9.10. The van der Waals surface area contributed by atoms with E-state index in [4.69, 9.17) is 0 Å². The van der Waals surface area contributed by atoms with Gasteiger partial charge in [0, 0.05) is 14.5 Å². The van der Waals surface area contributed by atoms with Crippen LogP contribution in [0.25, 0.3) is 0 Å². The van der Waals surface area contributed by atoms with Crippen LogP contribution in [0.1, 0.15) is 24.1 Å². The van der Waals surface area contributed by atoms with Crippen LogP contribution in [-0.2, 0) is 0 Å². The van der Waals surface area contributed by atoms with Crippen LogP contribution < -0.4 is 5.32 Å². The van der Waals surface area contributed by atoms with Crippen molar-refractivity contribution < 1.29 is 8.78 Å². The quantitative estimate of drug-likeness (QED) is 0.739. The summed E-state index contributed by atoms with van der Waals surface area (Å²) in [6.07, 6.45) is 0. The Bertz CT molecular complexity index is 565. The zero-order valence-corrected chi connectivity index (χ0v) is 13.9. The average Bonchev–Trinajstić information content (AvgIpc) is 2.42. The molecule has 5 heteroatoms. The Morgan fingerprint density at radius 2 is 1.80 bits per heavy atom. The lowest BCUT2D eigenvalue weighted by Crippen LogP contribution is -2.23. The van der Waals surface area contributed by atoms with Crippen LogP contribution in [0.15, 0.2) is 45.3 Å². The molecule has 1 N–H and O–H groups in total. The van der Waals surface area contributed by atoms with Gasteiger partial charge in [0.25, 0.3) is 0 Å². The summed E-state index contributed by atoms with van der Waals surface area (Å²) in [4.78, 5) is 0. The minimum absolute atomic E-state index is 0.324. The number of nitrogens with one attached hydrogen (secondary N) is 1. The molecule has 0 bridgehead atoms. The van der Waals surface area contributed by atoms with Crippen LogP contribution in [0.5, 0.6) is 0 Å². The number of benzene rings is 2. The molecule has 106 valence electrons. The summed E-state index contributed by atoms with van der Waals surface area (Å²) in [5.74, 6) is -0.670. The van der Waals surface area contributed by atoms with Crippen molar-refractivity contribution in [2.45, 2.75) is 13.0 Å². The highest BCUT2D eigenvalue weighted by Crippen LogP contribution is 2.32. The lowest BCUT2D eigenvalue weighted by molar-refractivity contribution is 0.553. The van der Waals surface area contributed by atoms with Crippen molar-refractivity contribution in [3.63, 3.8) is 0 Å². The zero-order chi connectivity index (χ0) is 14.7. The summed E-state index contributed by atoms with van der Waals surface area (Å²) in [6, 6.07) is 8.75. The molecular weight excluding hydrogens is 392 g/mol. The molecular formula is C15H13Br2F2N. The maximum Gasteiger partial charge on any atom is 0.128 e. The molecule has 2 rings (SSSR count). The Morgan fingerprint density at radius 3 is 2.50 bits per heavy atom. The van der Waals surface area contributed by atoms with Crippen LogP contribution >= 0.6 is 31.9 Å². The summed E-state index contributed by atoms with van der Waals surface area (Å²) in [5, 5.41) is 3.19. The van der Waals surface area contributed by atoms with Gasteiger partial charge in [-0.1, -0.05) is 38.8 Å². The van der Waals surface area contributed by atoms with Crippen molar-refractivity contribution in [3.05, 3.63) is 68.1 Å². The Hall–Kier alpha value is -0.780. The maximum absolute atomic E-state index is 14.1. The predicted molar refractivity (Wildman–Crippen MR) is 83.7 cm³/mol. The summed E-state index contributed by atoms with van der Waals surface area (Å²) < 4.78 is 29.1. The summed E-state index contributed by atoms with van der Waals surface area (Å²) in [6.45, 7) is 2.57. The largest absolute Gasteiger partial charge is 0.306 e. The summed E-state index contributed by atoms with van der Waals surface area (Å²) in [7, 11) is 0. The third-order valence-electron chi connectivity index (χ3n) is 2.95. The first kappa shape index (κ1) is 15.6. The topological polar surface area (TPSA) is 12.0 Å². The van der Waals surface area contributed by atoms with E-state index in [1.807, 2.05) is 6.92 Å². The molecule has 0 aliphatic carbocycles. The van der Waals surface area contributed by atoms with E-state index in [0.29, 0.717) is 17.7 Å². The predicted octanol–water partition coefficient (Wildman–Crippen LogP) is 5.19. The molecule has 0 heterocycles. The fourth-order valence-corrected chi connectivity index (χ4v) is 2.92. The Morgan fingerprint density at radius 1 is 1.05 bits per heavy atom. The molecule has 0 radical (unpaired) electrons. The molecule has 2 aromatic rings. The standard InChI is InChI=1S/C15H13Br2F2N/c1-2-20-15(11-8-10(18)4-5-13(11)17)12-7-9(16)3-6-14(12)19/h3-8,15,20H,2H2,1H3. The Labute approximate surface area is 133 Å². The minimum Gasteiger partial charge on any atom is -0.306 e. The fourth-order valence-electron chi connectivity index (χ4n) is 2.06. The maximum atomic E-state index is 14.1. The van der Waals surface area contributed by atoms with Crippen molar-refractivity contribution in [1.82, 2.24) is 5.32 Å². The van der Waals surface area contributed by atoms with E-state index in [0.717, 1.165) is 8.95 Å². The molecule has 20 heavy (non-hydrogen) atoms. The second-order valence-corrected chi connectivity index (χ2v) is 6.09. The van der Waals surface area contributed by atoms with Gasteiger partial charge in [-0.2, -0.15) is 0 Å². The first-order valence-corrected chi connectivity index (χ1v) is 7.74.